The summed E-state index contributed by atoms with van der Waals surface area (Å²) in [6, 6.07) is 12.8. The van der Waals surface area contributed by atoms with Crippen molar-refractivity contribution in [3.8, 4) is 17.2 Å². The maximum atomic E-state index is 12.8. The van der Waals surface area contributed by atoms with Crippen molar-refractivity contribution in [2.24, 2.45) is 0 Å². The first-order valence-corrected chi connectivity index (χ1v) is 7.61. The van der Waals surface area contributed by atoms with E-state index in [9.17, 15) is 4.79 Å². The Labute approximate surface area is 142 Å². The van der Waals surface area contributed by atoms with Crippen LogP contribution in [0.1, 0.15) is 19.4 Å². The summed E-state index contributed by atoms with van der Waals surface area (Å²) in [5.74, 6) is 1.70. The predicted molar refractivity (Wildman–Crippen MR) is 94.2 cm³/mol. The minimum Gasteiger partial charge on any atom is -0.495 e. The van der Waals surface area contributed by atoms with Crippen LogP contribution >= 0.6 is 0 Å². The Kier molecular flexibility index (Phi) is 5.34. The van der Waals surface area contributed by atoms with E-state index in [2.05, 4.69) is 5.32 Å². The molecule has 0 aliphatic heterocycles. The van der Waals surface area contributed by atoms with Gasteiger partial charge in [0.2, 0.25) is 5.91 Å². The van der Waals surface area contributed by atoms with Gasteiger partial charge in [-0.15, -0.1) is 0 Å². The molecule has 0 unspecified atom stereocenters. The first kappa shape index (κ1) is 17.7. The summed E-state index contributed by atoms with van der Waals surface area (Å²) >= 11 is 0. The summed E-state index contributed by atoms with van der Waals surface area (Å²) in [5.41, 5.74) is 0.700. The number of methoxy groups -OCH3 is 3. The normalized spacial score (nSPS) is 10.9. The van der Waals surface area contributed by atoms with E-state index in [0.29, 0.717) is 22.9 Å². The quantitative estimate of drug-likeness (QED) is 0.879. The minimum atomic E-state index is -0.763. The van der Waals surface area contributed by atoms with Crippen LogP contribution in [0.2, 0.25) is 0 Å². The van der Waals surface area contributed by atoms with Crippen molar-refractivity contribution in [2.45, 2.75) is 19.3 Å². The molecule has 0 bridgehead atoms. The topological polar surface area (TPSA) is 56.8 Å². The van der Waals surface area contributed by atoms with E-state index < -0.39 is 5.41 Å². The molecule has 2 rings (SSSR count). The molecule has 5 nitrogen and oxygen atoms in total. The van der Waals surface area contributed by atoms with Gasteiger partial charge in [0.05, 0.1) is 32.4 Å². The molecule has 2 aromatic carbocycles. The highest BCUT2D eigenvalue weighted by molar-refractivity contribution is 5.99. The molecule has 0 saturated heterocycles. The van der Waals surface area contributed by atoms with E-state index in [0.717, 1.165) is 5.56 Å². The fourth-order valence-electron chi connectivity index (χ4n) is 2.38. The van der Waals surface area contributed by atoms with Crippen molar-refractivity contribution in [1.29, 1.82) is 0 Å². The molecule has 2 aromatic rings. The lowest BCUT2D eigenvalue weighted by Gasteiger charge is -2.25. The van der Waals surface area contributed by atoms with Gasteiger partial charge in [0, 0.05) is 0 Å². The Balaban J connectivity index is 2.30. The molecule has 1 N–H and O–H groups in total. The molecule has 0 heterocycles. The van der Waals surface area contributed by atoms with E-state index in [1.165, 1.54) is 0 Å². The van der Waals surface area contributed by atoms with E-state index in [-0.39, 0.29) is 5.91 Å². The van der Waals surface area contributed by atoms with Crippen LogP contribution in [0.15, 0.2) is 42.5 Å². The average molecular weight is 329 g/mol. The van der Waals surface area contributed by atoms with Crippen LogP contribution in [0.25, 0.3) is 0 Å². The third kappa shape index (κ3) is 3.45. The molecule has 5 heteroatoms. The average Bonchev–Trinajstić information content (AvgIpc) is 2.61. The first-order chi connectivity index (χ1) is 11.4. The molecule has 1 amide bonds. The number of rotatable bonds is 6. The van der Waals surface area contributed by atoms with Gasteiger partial charge in [-0.3, -0.25) is 4.79 Å². The second kappa shape index (κ2) is 7.25. The molecule has 0 aliphatic rings. The van der Waals surface area contributed by atoms with Gasteiger partial charge in [0.1, 0.15) is 5.75 Å². The fourth-order valence-corrected chi connectivity index (χ4v) is 2.38. The van der Waals surface area contributed by atoms with Gasteiger partial charge in [-0.2, -0.15) is 0 Å². The standard InChI is InChI=1S/C19H23NO4/c1-19(2,13-10-11-16(23-4)17(12-13)24-5)18(21)20-14-8-6-7-9-15(14)22-3/h6-12H,1-5H3,(H,20,21). The van der Waals surface area contributed by atoms with Crippen molar-refractivity contribution in [3.05, 3.63) is 48.0 Å². The second-order valence-corrected chi connectivity index (χ2v) is 5.85. The molecular formula is C19H23NO4. The second-order valence-electron chi connectivity index (χ2n) is 5.85. The first-order valence-electron chi connectivity index (χ1n) is 7.61. The zero-order valence-electron chi connectivity index (χ0n) is 14.7. The number of nitrogens with one attached hydrogen (secondary N) is 1. The van der Waals surface area contributed by atoms with Gasteiger partial charge in [-0.05, 0) is 43.7 Å². The Bertz CT molecular complexity index is 725. The Morgan fingerprint density at radius 3 is 2.12 bits per heavy atom. The molecular weight excluding hydrogens is 306 g/mol. The number of ether oxygens (including phenoxy) is 3. The molecule has 0 spiro atoms. The van der Waals surface area contributed by atoms with Crippen LogP contribution in [-0.4, -0.2) is 27.2 Å². The third-order valence-corrected chi connectivity index (χ3v) is 4.03. The highest BCUT2D eigenvalue weighted by atomic mass is 16.5. The number of benzene rings is 2. The van der Waals surface area contributed by atoms with E-state index >= 15 is 0 Å². The maximum absolute atomic E-state index is 12.8. The zero-order valence-corrected chi connectivity index (χ0v) is 14.7. The van der Waals surface area contributed by atoms with Crippen LogP contribution in [-0.2, 0) is 10.2 Å². The number of hydrogen-bond acceptors (Lipinski definition) is 4. The van der Waals surface area contributed by atoms with Crippen molar-refractivity contribution in [1.82, 2.24) is 0 Å². The van der Waals surface area contributed by atoms with Gasteiger partial charge in [-0.1, -0.05) is 18.2 Å². The van der Waals surface area contributed by atoms with Crippen molar-refractivity contribution in [3.63, 3.8) is 0 Å². The lowest BCUT2D eigenvalue weighted by Crippen LogP contribution is -2.34. The minimum absolute atomic E-state index is 0.140. The number of hydrogen-bond donors (Lipinski definition) is 1. The van der Waals surface area contributed by atoms with Gasteiger partial charge in [0.15, 0.2) is 11.5 Å². The summed E-state index contributed by atoms with van der Waals surface area (Å²) in [5, 5.41) is 2.93. The molecule has 0 saturated carbocycles. The zero-order chi connectivity index (χ0) is 17.7. The number of carbonyl (C=O) groups is 1. The third-order valence-electron chi connectivity index (χ3n) is 4.03. The summed E-state index contributed by atoms with van der Waals surface area (Å²) in [6.07, 6.45) is 0. The number of anilines is 1. The highest BCUT2D eigenvalue weighted by Gasteiger charge is 2.31. The van der Waals surface area contributed by atoms with Crippen molar-refractivity contribution >= 4 is 11.6 Å². The molecule has 0 fully saturated rings. The van der Waals surface area contributed by atoms with E-state index in [1.54, 1.807) is 39.5 Å². The smallest absolute Gasteiger partial charge is 0.234 e. The lowest BCUT2D eigenvalue weighted by molar-refractivity contribution is -0.120. The van der Waals surface area contributed by atoms with E-state index in [4.69, 9.17) is 14.2 Å². The van der Waals surface area contributed by atoms with Crippen molar-refractivity contribution < 1.29 is 19.0 Å². The summed E-state index contributed by atoms with van der Waals surface area (Å²) in [4.78, 5) is 12.8. The lowest BCUT2D eigenvalue weighted by atomic mass is 9.83. The van der Waals surface area contributed by atoms with Gasteiger partial charge < -0.3 is 19.5 Å². The fraction of sp³-hybridized carbons (Fsp3) is 0.316. The predicted octanol–water partition coefficient (Wildman–Crippen LogP) is 3.63. The van der Waals surface area contributed by atoms with Gasteiger partial charge in [0.25, 0.3) is 0 Å². The van der Waals surface area contributed by atoms with Crippen LogP contribution < -0.4 is 19.5 Å². The Hall–Kier alpha value is -2.69. The largest absolute Gasteiger partial charge is 0.495 e. The highest BCUT2D eigenvalue weighted by Crippen LogP contribution is 2.34. The molecule has 24 heavy (non-hydrogen) atoms. The summed E-state index contributed by atoms with van der Waals surface area (Å²) in [6.45, 7) is 3.72. The molecule has 0 aliphatic carbocycles. The Morgan fingerprint density at radius 1 is 0.875 bits per heavy atom. The van der Waals surface area contributed by atoms with Crippen LogP contribution in [0.5, 0.6) is 17.2 Å². The number of carbonyl (C=O) groups excluding carboxylic acids is 1. The number of para-hydroxylation sites is 2. The summed E-state index contributed by atoms with van der Waals surface area (Å²) in [7, 11) is 4.73. The van der Waals surface area contributed by atoms with Crippen LogP contribution in [0.3, 0.4) is 0 Å². The van der Waals surface area contributed by atoms with Gasteiger partial charge in [-0.25, -0.2) is 0 Å². The molecule has 0 aromatic heterocycles. The molecule has 128 valence electrons. The van der Waals surface area contributed by atoms with Crippen LogP contribution in [0, 0.1) is 0 Å². The number of amides is 1. The Morgan fingerprint density at radius 2 is 1.50 bits per heavy atom. The molecule has 0 radical (unpaired) electrons. The SMILES string of the molecule is COc1ccccc1NC(=O)C(C)(C)c1ccc(OC)c(OC)c1. The summed E-state index contributed by atoms with van der Waals surface area (Å²) < 4.78 is 15.9. The monoisotopic (exact) mass is 329 g/mol. The van der Waals surface area contributed by atoms with Crippen LogP contribution in [0.4, 0.5) is 5.69 Å². The van der Waals surface area contributed by atoms with E-state index in [1.807, 2.05) is 38.1 Å². The van der Waals surface area contributed by atoms with Crippen molar-refractivity contribution in [2.75, 3.05) is 26.6 Å². The molecule has 0 atom stereocenters. The maximum Gasteiger partial charge on any atom is 0.234 e. The van der Waals surface area contributed by atoms with Gasteiger partial charge >= 0.3 is 0 Å².